The number of rotatable bonds is 5. The van der Waals surface area contributed by atoms with E-state index >= 15 is 0 Å². The van der Waals surface area contributed by atoms with Crippen LogP contribution in [0.2, 0.25) is 0 Å². The molecule has 0 aliphatic carbocycles. The molecule has 116 valence electrons. The molecule has 0 saturated heterocycles. The Hall–Kier alpha value is -2.07. The minimum Gasteiger partial charge on any atom is -0.468 e. The second kappa shape index (κ2) is 6.14. The lowest BCUT2D eigenvalue weighted by atomic mass is 10.2. The van der Waals surface area contributed by atoms with Crippen molar-refractivity contribution in [2.45, 2.75) is 11.8 Å². The van der Waals surface area contributed by atoms with Crippen LogP contribution in [-0.4, -0.2) is 44.3 Å². The molecule has 0 aliphatic rings. The van der Waals surface area contributed by atoms with Gasteiger partial charge in [0.2, 0.25) is 15.8 Å². The molecular weight excluding hydrogens is 307 g/mol. The summed E-state index contributed by atoms with van der Waals surface area (Å²) >= 11 is 0. The molecule has 0 radical (unpaired) electrons. The smallest absolute Gasteiger partial charge is 0.321 e. The standard InChI is InChI=1S/C11H13FN2O6S/c1-7-4-8(5-9(11(7)12)14(16)17)21(18,19)13(2)6-10(15)20-3/h4-5H,6H2,1-3H3. The van der Waals surface area contributed by atoms with Gasteiger partial charge in [0.15, 0.2) is 0 Å². The third-order valence-corrected chi connectivity index (χ3v) is 4.47. The first-order valence-electron chi connectivity index (χ1n) is 5.59. The fourth-order valence-electron chi connectivity index (χ4n) is 1.51. The van der Waals surface area contributed by atoms with E-state index in [-0.39, 0.29) is 5.56 Å². The van der Waals surface area contributed by atoms with Crippen molar-refractivity contribution >= 4 is 21.7 Å². The fraction of sp³-hybridized carbons (Fsp3) is 0.364. The van der Waals surface area contributed by atoms with E-state index in [0.717, 1.165) is 20.2 Å². The molecule has 0 aliphatic heterocycles. The molecule has 0 heterocycles. The summed E-state index contributed by atoms with van der Waals surface area (Å²) in [5, 5.41) is 10.7. The van der Waals surface area contributed by atoms with Gasteiger partial charge >= 0.3 is 11.7 Å². The van der Waals surface area contributed by atoms with Gasteiger partial charge in [0.1, 0.15) is 6.54 Å². The summed E-state index contributed by atoms with van der Waals surface area (Å²) in [5.74, 6) is -1.90. The molecule has 0 aromatic heterocycles. The van der Waals surface area contributed by atoms with E-state index in [1.807, 2.05) is 0 Å². The number of likely N-dealkylation sites (N-methyl/N-ethyl adjacent to an activating group) is 1. The topological polar surface area (TPSA) is 107 Å². The second-order valence-electron chi connectivity index (χ2n) is 4.17. The molecule has 0 spiro atoms. The number of carbonyl (C=O) groups is 1. The summed E-state index contributed by atoms with van der Waals surface area (Å²) < 4.78 is 43.0. The van der Waals surface area contributed by atoms with E-state index in [9.17, 15) is 27.7 Å². The Bertz CT molecular complexity index is 688. The largest absolute Gasteiger partial charge is 0.468 e. The highest BCUT2D eigenvalue weighted by Gasteiger charge is 2.28. The van der Waals surface area contributed by atoms with Crippen LogP contribution in [0, 0.1) is 22.9 Å². The summed E-state index contributed by atoms with van der Waals surface area (Å²) in [7, 11) is -1.98. The van der Waals surface area contributed by atoms with E-state index in [2.05, 4.69) is 4.74 Å². The van der Waals surface area contributed by atoms with Crippen LogP contribution in [-0.2, 0) is 19.6 Å². The van der Waals surface area contributed by atoms with Gasteiger partial charge in [-0.3, -0.25) is 14.9 Å². The molecule has 10 heteroatoms. The maximum Gasteiger partial charge on any atom is 0.321 e. The van der Waals surface area contributed by atoms with E-state index in [1.54, 1.807) is 0 Å². The number of nitro benzene ring substituents is 1. The Morgan fingerprint density at radius 2 is 2.05 bits per heavy atom. The number of halogens is 1. The fourth-order valence-corrected chi connectivity index (χ4v) is 2.73. The van der Waals surface area contributed by atoms with Crippen molar-refractivity contribution in [2.24, 2.45) is 0 Å². The number of sulfonamides is 1. The monoisotopic (exact) mass is 320 g/mol. The molecule has 0 saturated carbocycles. The van der Waals surface area contributed by atoms with Crippen LogP contribution in [0.25, 0.3) is 0 Å². The molecule has 0 unspecified atom stereocenters. The molecule has 0 atom stereocenters. The Morgan fingerprint density at radius 1 is 1.48 bits per heavy atom. The predicted octanol–water partition coefficient (Wildman–Crippen LogP) is 0.836. The van der Waals surface area contributed by atoms with Crippen molar-refractivity contribution in [3.8, 4) is 0 Å². The van der Waals surface area contributed by atoms with E-state index in [4.69, 9.17) is 0 Å². The van der Waals surface area contributed by atoms with Crippen molar-refractivity contribution in [1.82, 2.24) is 4.31 Å². The van der Waals surface area contributed by atoms with Gasteiger partial charge in [0.05, 0.1) is 16.9 Å². The number of aryl methyl sites for hydroxylation is 1. The normalized spacial score (nSPS) is 11.5. The summed E-state index contributed by atoms with van der Waals surface area (Å²) in [6.07, 6.45) is 0. The van der Waals surface area contributed by atoms with Crippen LogP contribution in [0.5, 0.6) is 0 Å². The Morgan fingerprint density at radius 3 is 2.52 bits per heavy atom. The highest BCUT2D eigenvalue weighted by molar-refractivity contribution is 7.89. The van der Waals surface area contributed by atoms with Crippen molar-refractivity contribution in [2.75, 3.05) is 20.7 Å². The van der Waals surface area contributed by atoms with Gasteiger partial charge in [-0.2, -0.15) is 8.70 Å². The van der Waals surface area contributed by atoms with Gasteiger partial charge in [-0.15, -0.1) is 0 Å². The number of methoxy groups -OCH3 is 1. The molecule has 8 nitrogen and oxygen atoms in total. The molecule has 0 amide bonds. The zero-order chi connectivity index (χ0) is 16.4. The molecule has 21 heavy (non-hydrogen) atoms. The van der Waals surface area contributed by atoms with Gasteiger partial charge in [-0.05, 0) is 18.6 Å². The summed E-state index contributed by atoms with van der Waals surface area (Å²) in [6, 6.07) is 1.58. The molecule has 1 rings (SSSR count). The van der Waals surface area contributed by atoms with Gasteiger partial charge in [0, 0.05) is 13.1 Å². The highest BCUT2D eigenvalue weighted by Crippen LogP contribution is 2.26. The minimum absolute atomic E-state index is 0.186. The van der Waals surface area contributed by atoms with E-state index in [1.165, 1.54) is 6.92 Å². The lowest BCUT2D eigenvalue weighted by Crippen LogP contribution is -2.32. The molecule has 1 aromatic rings. The van der Waals surface area contributed by atoms with Crippen molar-refractivity contribution in [1.29, 1.82) is 0 Å². The Labute approximate surface area is 120 Å². The van der Waals surface area contributed by atoms with Crippen molar-refractivity contribution < 1.29 is 27.3 Å². The second-order valence-corrected chi connectivity index (χ2v) is 6.21. The number of ether oxygens (including phenoxy) is 1. The Kier molecular flexibility index (Phi) is 4.97. The van der Waals surface area contributed by atoms with Gasteiger partial charge < -0.3 is 4.74 Å². The van der Waals surface area contributed by atoms with Crippen LogP contribution in [0.3, 0.4) is 0 Å². The van der Waals surface area contributed by atoms with Crippen molar-refractivity contribution in [3.63, 3.8) is 0 Å². The lowest BCUT2D eigenvalue weighted by molar-refractivity contribution is -0.387. The van der Waals surface area contributed by atoms with Crippen LogP contribution < -0.4 is 0 Å². The summed E-state index contributed by atoms with van der Waals surface area (Å²) in [6.45, 7) is 0.644. The number of benzene rings is 1. The highest BCUT2D eigenvalue weighted by atomic mass is 32.2. The number of nitrogens with zero attached hydrogens (tertiary/aromatic N) is 2. The lowest BCUT2D eigenvalue weighted by Gasteiger charge is -2.16. The van der Waals surface area contributed by atoms with Crippen LogP contribution in [0.1, 0.15) is 5.56 Å². The van der Waals surface area contributed by atoms with Gasteiger partial charge in [-0.1, -0.05) is 0 Å². The molecule has 0 bridgehead atoms. The zero-order valence-corrected chi connectivity index (χ0v) is 12.3. The minimum atomic E-state index is -4.18. The van der Waals surface area contributed by atoms with Crippen molar-refractivity contribution in [3.05, 3.63) is 33.6 Å². The predicted molar refractivity (Wildman–Crippen MR) is 69.6 cm³/mol. The quantitative estimate of drug-likeness (QED) is 0.452. The third kappa shape index (κ3) is 3.52. The average molecular weight is 320 g/mol. The number of esters is 1. The molecule has 1 aromatic carbocycles. The number of nitro groups is 1. The van der Waals surface area contributed by atoms with Crippen LogP contribution in [0.4, 0.5) is 10.1 Å². The molecule has 0 fully saturated rings. The Balaban J connectivity index is 3.32. The maximum atomic E-state index is 13.6. The third-order valence-electron chi connectivity index (χ3n) is 2.69. The van der Waals surface area contributed by atoms with Crippen LogP contribution >= 0.6 is 0 Å². The first kappa shape index (κ1) is 17.0. The summed E-state index contributed by atoms with van der Waals surface area (Å²) in [4.78, 5) is 20.3. The first-order valence-corrected chi connectivity index (χ1v) is 7.03. The van der Waals surface area contributed by atoms with Gasteiger partial charge in [0.25, 0.3) is 0 Å². The SMILES string of the molecule is COC(=O)CN(C)S(=O)(=O)c1cc(C)c(F)c([N+](=O)[O-])c1. The average Bonchev–Trinajstić information content (AvgIpc) is 2.40. The number of hydrogen-bond donors (Lipinski definition) is 0. The molecular formula is C11H13FN2O6S. The first-order chi connectivity index (χ1) is 9.61. The molecule has 0 N–H and O–H groups in total. The van der Waals surface area contributed by atoms with Gasteiger partial charge in [-0.25, -0.2) is 8.42 Å². The number of hydrogen-bond acceptors (Lipinski definition) is 6. The van der Waals surface area contributed by atoms with E-state index < -0.39 is 43.9 Å². The number of carbonyl (C=O) groups excluding carboxylic acids is 1. The summed E-state index contributed by atoms with van der Waals surface area (Å²) in [5.41, 5.74) is -1.13. The van der Waals surface area contributed by atoms with E-state index in [0.29, 0.717) is 10.4 Å². The van der Waals surface area contributed by atoms with Crippen LogP contribution in [0.15, 0.2) is 17.0 Å². The maximum absolute atomic E-state index is 13.6. The zero-order valence-electron chi connectivity index (χ0n) is 11.5.